The normalized spacial score (nSPS) is 31.7. The number of hydrogen-bond donors (Lipinski definition) is 1. The number of hydrogen-bond acceptors (Lipinski definition) is 2. The van der Waals surface area contributed by atoms with Gasteiger partial charge in [0.15, 0.2) is 0 Å². The highest BCUT2D eigenvalue weighted by molar-refractivity contribution is 4.83. The van der Waals surface area contributed by atoms with Gasteiger partial charge in [0.25, 0.3) is 0 Å². The lowest BCUT2D eigenvalue weighted by molar-refractivity contribution is 0.00710. The molecule has 0 aliphatic heterocycles. The molecule has 96 valence electrons. The van der Waals surface area contributed by atoms with Crippen LogP contribution in [0.1, 0.15) is 59.3 Å². The third-order valence-electron chi connectivity index (χ3n) is 4.40. The van der Waals surface area contributed by atoms with E-state index in [1.54, 1.807) is 7.11 Å². The number of nitrogens with two attached hydrogens (primary N) is 1. The SMILES string of the molecule is CCC1CCC(N)C(CCC(C)(C)OC)C1. The van der Waals surface area contributed by atoms with Crippen molar-refractivity contribution in [3.05, 3.63) is 0 Å². The second-order valence-electron chi connectivity index (χ2n) is 6.01. The van der Waals surface area contributed by atoms with Crippen LogP contribution in [0.4, 0.5) is 0 Å². The predicted octanol–water partition coefficient (Wildman–Crippen LogP) is 3.35. The summed E-state index contributed by atoms with van der Waals surface area (Å²) in [6.45, 7) is 6.63. The lowest BCUT2D eigenvalue weighted by Crippen LogP contribution is -2.37. The third kappa shape index (κ3) is 4.06. The summed E-state index contributed by atoms with van der Waals surface area (Å²) in [6, 6.07) is 0.426. The molecule has 0 spiro atoms. The molecule has 0 aromatic carbocycles. The van der Waals surface area contributed by atoms with Gasteiger partial charge in [0.05, 0.1) is 5.60 Å². The van der Waals surface area contributed by atoms with Crippen molar-refractivity contribution in [2.75, 3.05) is 7.11 Å². The lowest BCUT2D eigenvalue weighted by Gasteiger charge is -2.35. The van der Waals surface area contributed by atoms with Crippen LogP contribution in [0.5, 0.6) is 0 Å². The molecule has 0 aromatic rings. The van der Waals surface area contributed by atoms with E-state index in [4.69, 9.17) is 10.5 Å². The molecule has 2 heteroatoms. The van der Waals surface area contributed by atoms with E-state index in [-0.39, 0.29) is 5.60 Å². The molecule has 2 N–H and O–H groups in total. The summed E-state index contributed by atoms with van der Waals surface area (Å²) in [5, 5.41) is 0. The van der Waals surface area contributed by atoms with E-state index in [9.17, 15) is 0 Å². The maximum Gasteiger partial charge on any atom is 0.0622 e. The molecular weight excluding hydrogens is 198 g/mol. The number of rotatable bonds is 5. The molecule has 2 nitrogen and oxygen atoms in total. The Labute approximate surface area is 101 Å². The highest BCUT2D eigenvalue weighted by Gasteiger charge is 2.29. The smallest absolute Gasteiger partial charge is 0.0622 e. The summed E-state index contributed by atoms with van der Waals surface area (Å²) in [5.74, 6) is 1.63. The maximum absolute atomic E-state index is 6.23. The van der Waals surface area contributed by atoms with Gasteiger partial charge in [-0.05, 0) is 57.8 Å². The molecule has 0 amide bonds. The van der Waals surface area contributed by atoms with E-state index >= 15 is 0 Å². The molecule has 16 heavy (non-hydrogen) atoms. The zero-order chi connectivity index (χ0) is 12.2. The van der Waals surface area contributed by atoms with Gasteiger partial charge in [-0.25, -0.2) is 0 Å². The van der Waals surface area contributed by atoms with Gasteiger partial charge < -0.3 is 10.5 Å². The fourth-order valence-electron chi connectivity index (χ4n) is 2.72. The Kier molecular flexibility index (Phi) is 5.26. The second-order valence-corrected chi connectivity index (χ2v) is 6.01. The zero-order valence-corrected chi connectivity index (χ0v) is 11.5. The van der Waals surface area contributed by atoms with E-state index in [0.29, 0.717) is 12.0 Å². The van der Waals surface area contributed by atoms with Gasteiger partial charge >= 0.3 is 0 Å². The molecular formula is C14H29NO. The highest BCUT2D eigenvalue weighted by Crippen LogP contribution is 2.34. The molecule has 0 radical (unpaired) electrons. The van der Waals surface area contributed by atoms with Gasteiger partial charge in [-0.1, -0.05) is 13.3 Å². The van der Waals surface area contributed by atoms with Crippen LogP contribution in [0.15, 0.2) is 0 Å². The monoisotopic (exact) mass is 227 g/mol. The van der Waals surface area contributed by atoms with Crippen LogP contribution in [0.25, 0.3) is 0 Å². The maximum atomic E-state index is 6.23. The van der Waals surface area contributed by atoms with Crippen LogP contribution < -0.4 is 5.73 Å². The Hall–Kier alpha value is -0.0800. The first kappa shape index (κ1) is 14.0. The summed E-state index contributed by atoms with van der Waals surface area (Å²) in [5.41, 5.74) is 6.24. The van der Waals surface area contributed by atoms with Gasteiger partial charge in [-0.2, -0.15) is 0 Å². The van der Waals surface area contributed by atoms with Gasteiger partial charge in [0.2, 0.25) is 0 Å². The van der Waals surface area contributed by atoms with Gasteiger partial charge in [0, 0.05) is 13.2 Å². The molecule has 3 atom stereocenters. The summed E-state index contributed by atoms with van der Waals surface area (Å²) in [4.78, 5) is 0. The van der Waals surface area contributed by atoms with Crippen molar-refractivity contribution in [1.82, 2.24) is 0 Å². The quantitative estimate of drug-likeness (QED) is 0.781. The van der Waals surface area contributed by atoms with Crippen molar-refractivity contribution in [2.24, 2.45) is 17.6 Å². The molecule has 1 rings (SSSR count). The van der Waals surface area contributed by atoms with Crippen molar-refractivity contribution in [1.29, 1.82) is 0 Å². The minimum Gasteiger partial charge on any atom is -0.379 e. The van der Waals surface area contributed by atoms with E-state index < -0.39 is 0 Å². The van der Waals surface area contributed by atoms with E-state index in [1.165, 1.54) is 32.1 Å². The number of ether oxygens (including phenoxy) is 1. The van der Waals surface area contributed by atoms with Gasteiger partial charge in [0.1, 0.15) is 0 Å². The Balaban J connectivity index is 2.39. The largest absolute Gasteiger partial charge is 0.379 e. The van der Waals surface area contributed by atoms with E-state index in [2.05, 4.69) is 20.8 Å². The van der Waals surface area contributed by atoms with Crippen molar-refractivity contribution in [3.8, 4) is 0 Å². The average molecular weight is 227 g/mol. The zero-order valence-electron chi connectivity index (χ0n) is 11.5. The Morgan fingerprint density at radius 1 is 1.31 bits per heavy atom. The second kappa shape index (κ2) is 6.02. The molecule has 0 aromatic heterocycles. The molecule has 0 saturated heterocycles. The van der Waals surface area contributed by atoms with Gasteiger partial charge in [-0.3, -0.25) is 0 Å². The first-order chi connectivity index (χ1) is 7.48. The van der Waals surface area contributed by atoms with Crippen LogP contribution in [0.3, 0.4) is 0 Å². The molecule has 3 unspecified atom stereocenters. The van der Waals surface area contributed by atoms with Gasteiger partial charge in [-0.15, -0.1) is 0 Å². The summed E-state index contributed by atoms with van der Waals surface area (Å²) in [6.07, 6.45) is 7.55. The Bertz CT molecular complexity index is 203. The average Bonchev–Trinajstić information content (AvgIpc) is 2.28. The van der Waals surface area contributed by atoms with Crippen molar-refractivity contribution < 1.29 is 4.74 Å². The molecule has 1 aliphatic rings. The standard InChI is InChI=1S/C14H29NO/c1-5-11-6-7-13(15)12(10-11)8-9-14(2,3)16-4/h11-13H,5-10,15H2,1-4H3. The third-order valence-corrected chi connectivity index (χ3v) is 4.40. The van der Waals surface area contributed by atoms with Crippen molar-refractivity contribution in [2.45, 2.75) is 70.9 Å². The first-order valence-electron chi connectivity index (χ1n) is 6.79. The lowest BCUT2D eigenvalue weighted by atomic mass is 9.74. The minimum absolute atomic E-state index is 0.0128. The minimum atomic E-state index is 0.0128. The Morgan fingerprint density at radius 2 is 2.00 bits per heavy atom. The van der Waals surface area contributed by atoms with Crippen LogP contribution >= 0.6 is 0 Å². The van der Waals surface area contributed by atoms with E-state index in [1.807, 2.05) is 0 Å². The fourth-order valence-corrected chi connectivity index (χ4v) is 2.72. The topological polar surface area (TPSA) is 35.2 Å². The van der Waals surface area contributed by atoms with Crippen molar-refractivity contribution in [3.63, 3.8) is 0 Å². The van der Waals surface area contributed by atoms with Crippen LogP contribution in [0, 0.1) is 11.8 Å². The molecule has 1 fully saturated rings. The molecule has 0 bridgehead atoms. The predicted molar refractivity (Wildman–Crippen MR) is 69.4 cm³/mol. The summed E-state index contributed by atoms with van der Waals surface area (Å²) in [7, 11) is 1.80. The van der Waals surface area contributed by atoms with E-state index in [0.717, 1.165) is 12.3 Å². The summed E-state index contributed by atoms with van der Waals surface area (Å²) < 4.78 is 5.48. The molecule has 0 heterocycles. The first-order valence-corrected chi connectivity index (χ1v) is 6.79. The van der Waals surface area contributed by atoms with Crippen LogP contribution in [0.2, 0.25) is 0 Å². The fraction of sp³-hybridized carbons (Fsp3) is 1.00. The van der Waals surface area contributed by atoms with Crippen LogP contribution in [-0.4, -0.2) is 18.8 Å². The molecule has 1 aliphatic carbocycles. The van der Waals surface area contributed by atoms with Crippen LogP contribution in [-0.2, 0) is 4.74 Å². The summed E-state index contributed by atoms with van der Waals surface area (Å²) >= 11 is 0. The van der Waals surface area contributed by atoms with Crippen molar-refractivity contribution >= 4 is 0 Å². The highest BCUT2D eigenvalue weighted by atomic mass is 16.5. The Morgan fingerprint density at radius 3 is 2.56 bits per heavy atom. The molecule has 1 saturated carbocycles. The number of methoxy groups -OCH3 is 1.